The standard InChI is InChI=1S/C26H42N8O6/c27-12-2-1-5-18(28)22(36)33-20(15-16-8-10-17(35)11-9-16)23(37)32-19(6-3-13-31-26(29)30)24(38)34-14-4-7-21(34)25(39)40/h8-11,18-21,35H,1-7,12-15,27-28H2,(H,32,37)(H,33,36)(H,39,40)(H4,29,30,31). The minimum absolute atomic E-state index is 0.0424. The number of carboxylic acid groups (broad SMARTS) is 1. The molecular formula is C26H42N8O6. The highest BCUT2D eigenvalue weighted by Gasteiger charge is 2.38. The summed E-state index contributed by atoms with van der Waals surface area (Å²) in [6, 6.07) is 2.13. The Kier molecular flexibility index (Phi) is 13.1. The smallest absolute Gasteiger partial charge is 0.326 e. The molecule has 0 aliphatic carbocycles. The molecule has 1 heterocycles. The van der Waals surface area contributed by atoms with Crippen LogP contribution in [0, 0.1) is 0 Å². The Morgan fingerprint density at radius 1 is 1.00 bits per heavy atom. The molecule has 4 unspecified atom stereocenters. The van der Waals surface area contributed by atoms with E-state index in [4.69, 9.17) is 22.9 Å². The number of carbonyl (C=O) groups is 4. The first kappa shape index (κ1) is 32.3. The number of aliphatic carboxylic acids is 1. The lowest BCUT2D eigenvalue weighted by Crippen LogP contribution is -2.57. The second-order valence-corrected chi connectivity index (χ2v) is 9.86. The first-order chi connectivity index (χ1) is 19.0. The van der Waals surface area contributed by atoms with E-state index in [2.05, 4.69) is 15.6 Å². The summed E-state index contributed by atoms with van der Waals surface area (Å²) >= 11 is 0. The Morgan fingerprint density at radius 2 is 1.68 bits per heavy atom. The lowest BCUT2D eigenvalue weighted by molar-refractivity contribution is -0.149. The predicted octanol–water partition coefficient (Wildman–Crippen LogP) is -1.51. The van der Waals surface area contributed by atoms with E-state index < -0.39 is 47.9 Å². The fourth-order valence-electron chi connectivity index (χ4n) is 4.52. The van der Waals surface area contributed by atoms with E-state index in [-0.39, 0.29) is 37.6 Å². The van der Waals surface area contributed by atoms with Crippen LogP contribution in [0.3, 0.4) is 0 Å². The number of carbonyl (C=O) groups excluding carboxylic acids is 3. The van der Waals surface area contributed by atoms with Gasteiger partial charge in [0.25, 0.3) is 0 Å². The van der Waals surface area contributed by atoms with Gasteiger partial charge in [0, 0.05) is 19.5 Å². The Bertz CT molecular complexity index is 1030. The van der Waals surface area contributed by atoms with Crippen LogP contribution >= 0.6 is 0 Å². The maximum Gasteiger partial charge on any atom is 0.326 e. The van der Waals surface area contributed by atoms with Crippen molar-refractivity contribution in [2.45, 2.75) is 75.5 Å². The van der Waals surface area contributed by atoms with Crippen LogP contribution in [0.2, 0.25) is 0 Å². The van der Waals surface area contributed by atoms with Crippen LogP contribution in [-0.2, 0) is 25.6 Å². The van der Waals surface area contributed by atoms with Gasteiger partial charge in [0.05, 0.1) is 6.04 Å². The van der Waals surface area contributed by atoms with E-state index in [9.17, 15) is 29.4 Å². The third-order valence-electron chi connectivity index (χ3n) is 6.70. The summed E-state index contributed by atoms with van der Waals surface area (Å²) in [5.74, 6) is -2.88. The number of rotatable bonds is 16. The van der Waals surface area contributed by atoms with Crippen LogP contribution in [0.15, 0.2) is 29.3 Å². The normalized spacial score (nSPS) is 16.9. The molecule has 2 rings (SSSR count). The van der Waals surface area contributed by atoms with Gasteiger partial charge in [-0.15, -0.1) is 0 Å². The Morgan fingerprint density at radius 3 is 2.30 bits per heavy atom. The highest BCUT2D eigenvalue weighted by atomic mass is 16.4. The highest BCUT2D eigenvalue weighted by Crippen LogP contribution is 2.20. The molecule has 222 valence electrons. The number of guanidine groups is 1. The van der Waals surface area contributed by atoms with Gasteiger partial charge in [0.15, 0.2) is 5.96 Å². The van der Waals surface area contributed by atoms with Gasteiger partial charge in [-0.25, -0.2) is 4.79 Å². The van der Waals surface area contributed by atoms with Crippen LogP contribution in [0.4, 0.5) is 0 Å². The van der Waals surface area contributed by atoms with Gasteiger partial charge in [-0.2, -0.15) is 0 Å². The van der Waals surface area contributed by atoms with Gasteiger partial charge < -0.3 is 48.7 Å². The van der Waals surface area contributed by atoms with Crippen molar-refractivity contribution in [3.8, 4) is 5.75 Å². The Balaban J connectivity index is 2.24. The number of aliphatic imine (C=N–C) groups is 1. The average Bonchev–Trinajstić information content (AvgIpc) is 3.41. The third-order valence-corrected chi connectivity index (χ3v) is 6.70. The summed E-state index contributed by atoms with van der Waals surface area (Å²) in [6.07, 6.45) is 3.11. The molecule has 1 aromatic carbocycles. The summed E-state index contributed by atoms with van der Waals surface area (Å²) in [6.45, 7) is 0.926. The molecular weight excluding hydrogens is 520 g/mol. The number of nitrogens with zero attached hydrogens (tertiary/aromatic N) is 2. The minimum Gasteiger partial charge on any atom is -0.508 e. The molecule has 14 nitrogen and oxygen atoms in total. The molecule has 3 amide bonds. The van der Waals surface area contributed by atoms with Crippen molar-refractivity contribution in [1.29, 1.82) is 0 Å². The SMILES string of the molecule is NCCCCC(N)C(=O)NC(Cc1ccc(O)cc1)C(=O)NC(CCCN=C(N)N)C(=O)N1CCCC1C(=O)O. The minimum atomic E-state index is -1.11. The number of phenols is 1. The largest absolute Gasteiger partial charge is 0.508 e. The second-order valence-electron chi connectivity index (χ2n) is 9.86. The van der Waals surface area contributed by atoms with Gasteiger partial charge >= 0.3 is 5.97 Å². The van der Waals surface area contributed by atoms with E-state index in [1.54, 1.807) is 12.1 Å². The van der Waals surface area contributed by atoms with Crippen LogP contribution < -0.4 is 33.6 Å². The van der Waals surface area contributed by atoms with Crippen molar-refractivity contribution in [2.75, 3.05) is 19.6 Å². The fraction of sp³-hybridized carbons (Fsp3) is 0.577. The number of hydrogen-bond acceptors (Lipinski definition) is 8. The summed E-state index contributed by atoms with van der Waals surface area (Å²) in [7, 11) is 0. The van der Waals surface area contributed by atoms with Crippen LogP contribution in [0.5, 0.6) is 5.75 Å². The molecule has 0 bridgehead atoms. The van der Waals surface area contributed by atoms with Crippen LogP contribution in [-0.4, -0.2) is 88.6 Å². The molecule has 1 aromatic rings. The molecule has 0 saturated carbocycles. The van der Waals surface area contributed by atoms with Crippen molar-refractivity contribution in [1.82, 2.24) is 15.5 Å². The van der Waals surface area contributed by atoms with E-state index in [1.165, 1.54) is 17.0 Å². The third kappa shape index (κ3) is 10.3. The fourth-order valence-corrected chi connectivity index (χ4v) is 4.52. The number of amides is 3. The highest BCUT2D eigenvalue weighted by molar-refractivity contribution is 5.94. The van der Waals surface area contributed by atoms with Crippen molar-refractivity contribution in [2.24, 2.45) is 27.9 Å². The Labute approximate surface area is 233 Å². The van der Waals surface area contributed by atoms with Gasteiger partial charge in [-0.05, 0) is 62.8 Å². The predicted molar refractivity (Wildman–Crippen MR) is 149 cm³/mol. The molecule has 0 spiro atoms. The lowest BCUT2D eigenvalue weighted by atomic mass is 10.0. The number of benzene rings is 1. The number of nitrogens with one attached hydrogen (secondary N) is 2. The molecule has 1 aliphatic heterocycles. The summed E-state index contributed by atoms with van der Waals surface area (Å²) in [5.41, 5.74) is 23.0. The van der Waals surface area contributed by atoms with Gasteiger partial charge in [-0.3, -0.25) is 19.4 Å². The molecule has 0 aromatic heterocycles. The quantitative estimate of drug-likeness (QED) is 0.0656. The summed E-state index contributed by atoms with van der Waals surface area (Å²) in [5, 5.41) is 24.6. The maximum atomic E-state index is 13.5. The zero-order chi connectivity index (χ0) is 29.7. The molecule has 1 saturated heterocycles. The number of unbranched alkanes of at least 4 members (excludes halogenated alkanes) is 1. The average molecular weight is 563 g/mol. The first-order valence-electron chi connectivity index (χ1n) is 13.5. The van der Waals surface area contributed by atoms with Crippen molar-refractivity contribution in [3.05, 3.63) is 29.8 Å². The summed E-state index contributed by atoms with van der Waals surface area (Å²) < 4.78 is 0. The van der Waals surface area contributed by atoms with Crippen LogP contribution in [0.25, 0.3) is 0 Å². The van der Waals surface area contributed by atoms with E-state index in [0.29, 0.717) is 50.6 Å². The lowest BCUT2D eigenvalue weighted by Gasteiger charge is -2.29. The number of aromatic hydroxyl groups is 1. The van der Waals surface area contributed by atoms with Crippen molar-refractivity contribution >= 4 is 29.7 Å². The van der Waals surface area contributed by atoms with Crippen LogP contribution in [0.1, 0.15) is 50.5 Å². The van der Waals surface area contributed by atoms with E-state index in [1.807, 2.05) is 0 Å². The molecule has 1 fully saturated rings. The maximum absolute atomic E-state index is 13.5. The van der Waals surface area contributed by atoms with Crippen molar-refractivity contribution < 1.29 is 29.4 Å². The summed E-state index contributed by atoms with van der Waals surface area (Å²) in [4.78, 5) is 56.7. The number of nitrogens with two attached hydrogens (primary N) is 4. The molecule has 14 heteroatoms. The van der Waals surface area contributed by atoms with Crippen molar-refractivity contribution in [3.63, 3.8) is 0 Å². The molecule has 4 atom stereocenters. The van der Waals surface area contributed by atoms with E-state index >= 15 is 0 Å². The second kappa shape index (κ2) is 16.3. The molecule has 12 N–H and O–H groups in total. The molecule has 40 heavy (non-hydrogen) atoms. The van der Waals surface area contributed by atoms with Gasteiger partial charge in [0.2, 0.25) is 17.7 Å². The monoisotopic (exact) mass is 562 g/mol. The first-order valence-corrected chi connectivity index (χ1v) is 13.5. The number of phenolic OH excluding ortho intramolecular Hbond substituents is 1. The van der Waals surface area contributed by atoms with Gasteiger partial charge in [0.1, 0.15) is 23.9 Å². The van der Waals surface area contributed by atoms with E-state index in [0.717, 1.165) is 0 Å². The number of hydrogen-bond donors (Lipinski definition) is 8. The zero-order valence-corrected chi connectivity index (χ0v) is 22.6. The number of likely N-dealkylation sites (tertiary alicyclic amines) is 1. The molecule has 1 aliphatic rings. The number of carboxylic acids is 1. The van der Waals surface area contributed by atoms with Gasteiger partial charge in [-0.1, -0.05) is 18.6 Å². The zero-order valence-electron chi connectivity index (χ0n) is 22.6. The molecule has 0 radical (unpaired) electrons. The Hall–Kier alpha value is -3.91. The topological polar surface area (TPSA) is 252 Å².